The van der Waals surface area contributed by atoms with Gasteiger partial charge in [-0.15, -0.1) is 0 Å². The summed E-state index contributed by atoms with van der Waals surface area (Å²) in [7, 11) is 0. The maximum absolute atomic E-state index is 10.6. The van der Waals surface area contributed by atoms with Crippen LogP contribution in [0.1, 0.15) is 29.8 Å². The molecule has 2 heterocycles. The molecule has 21 heavy (non-hydrogen) atoms. The lowest BCUT2D eigenvalue weighted by Crippen LogP contribution is -2.09. The van der Waals surface area contributed by atoms with Gasteiger partial charge in [-0.05, 0) is 38.2 Å². The van der Waals surface area contributed by atoms with Crippen molar-refractivity contribution in [2.24, 2.45) is 0 Å². The van der Waals surface area contributed by atoms with Crippen LogP contribution in [0.5, 0.6) is 0 Å². The molecule has 6 nitrogen and oxygen atoms in total. The van der Waals surface area contributed by atoms with Crippen LogP contribution >= 0.6 is 11.8 Å². The summed E-state index contributed by atoms with van der Waals surface area (Å²) >= 11 is 1.19. The molecular weight excluding hydrogens is 288 g/mol. The zero-order chi connectivity index (χ0) is 14.8. The maximum atomic E-state index is 10.6. The highest BCUT2D eigenvalue weighted by atomic mass is 32.2. The molecule has 7 heteroatoms. The first-order chi connectivity index (χ1) is 10.1. The summed E-state index contributed by atoms with van der Waals surface area (Å²) in [5, 5.41) is 14.0. The van der Waals surface area contributed by atoms with Crippen molar-refractivity contribution >= 4 is 17.7 Å². The molecule has 110 valence electrons. The van der Waals surface area contributed by atoms with Crippen molar-refractivity contribution in [3.05, 3.63) is 29.3 Å². The van der Waals surface area contributed by atoms with E-state index in [9.17, 15) is 4.79 Å². The minimum atomic E-state index is -0.854. The van der Waals surface area contributed by atoms with E-state index in [0.717, 1.165) is 18.5 Å². The molecule has 0 bridgehead atoms. The Bertz CT molecular complexity index is 684. The highest BCUT2D eigenvalue weighted by molar-refractivity contribution is 7.99. The van der Waals surface area contributed by atoms with Crippen LogP contribution in [0.15, 0.2) is 17.4 Å². The Morgan fingerprint density at radius 1 is 1.38 bits per heavy atom. The Morgan fingerprint density at radius 2 is 2.19 bits per heavy atom. The number of aryl methyl sites for hydroxylation is 1. The first-order valence-electron chi connectivity index (χ1n) is 6.89. The number of rotatable bonds is 4. The topological polar surface area (TPSA) is 80.9 Å². The van der Waals surface area contributed by atoms with E-state index in [1.165, 1.54) is 42.2 Å². The summed E-state index contributed by atoms with van der Waals surface area (Å²) in [6, 6.07) is 1.80. The predicted octanol–water partition coefficient (Wildman–Crippen LogP) is 2.03. The molecule has 0 fully saturated rings. The van der Waals surface area contributed by atoms with Crippen molar-refractivity contribution in [1.82, 2.24) is 19.7 Å². The molecule has 0 saturated carbocycles. The minimum Gasteiger partial charge on any atom is -0.481 e. The summed E-state index contributed by atoms with van der Waals surface area (Å²) < 4.78 is 1.89. The zero-order valence-corrected chi connectivity index (χ0v) is 12.6. The molecular formula is C14H16N4O2S. The summed E-state index contributed by atoms with van der Waals surface area (Å²) in [6.45, 7) is 2.03. The molecule has 0 aromatic carbocycles. The monoisotopic (exact) mass is 304 g/mol. The molecule has 0 spiro atoms. The molecule has 2 aromatic rings. The number of aromatic nitrogens is 4. The third kappa shape index (κ3) is 2.92. The number of nitrogens with zero attached hydrogens (tertiary/aromatic N) is 4. The third-order valence-electron chi connectivity index (χ3n) is 3.57. The molecule has 0 unspecified atom stereocenters. The number of carbonyl (C=O) groups is 1. The maximum Gasteiger partial charge on any atom is 0.313 e. The standard InChI is InChI=1S/C14H16N4O2S/c1-9-10-4-2-3-5-11(10)18(17-9)12-6-13(16-8-15-12)21-7-14(19)20/h6,8H,2-5,7H2,1H3,(H,19,20). The van der Waals surface area contributed by atoms with Gasteiger partial charge in [0.1, 0.15) is 11.4 Å². The summed E-state index contributed by atoms with van der Waals surface area (Å²) in [6.07, 6.45) is 5.93. The van der Waals surface area contributed by atoms with Gasteiger partial charge in [-0.25, -0.2) is 14.6 Å². The predicted molar refractivity (Wildman–Crippen MR) is 78.9 cm³/mol. The van der Waals surface area contributed by atoms with E-state index in [1.54, 1.807) is 6.07 Å². The molecule has 0 amide bonds. The Kier molecular flexibility index (Phi) is 3.92. The van der Waals surface area contributed by atoms with Gasteiger partial charge < -0.3 is 5.11 Å². The van der Waals surface area contributed by atoms with Crippen LogP contribution in [0, 0.1) is 6.92 Å². The number of thioether (sulfide) groups is 1. The molecule has 1 aliphatic rings. The van der Waals surface area contributed by atoms with Crippen molar-refractivity contribution in [1.29, 1.82) is 0 Å². The van der Waals surface area contributed by atoms with Gasteiger partial charge in [-0.1, -0.05) is 11.8 Å². The molecule has 0 aliphatic heterocycles. The summed E-state index contributed by atoms with van der Waals surface area (Å²) in [5.74, 6) is -0.149. The van der Waals surface area contributed by atoms with Crippen molar-refractivity contribution in [3.8, 4) is 5.82 Å². The summed E-state index contributed by atoms with van der Waals surface area (Å²) in [4.78, 5) is 19.0. The van der Waals surface area contributed by atoms with E-state index in [2.05, 4.69) is 15.1 Å². The zero-order valence-electron chi connectivity index (χ0n) is 11.7. The lowest BCUT2D eigenvalue weighted by Gasteiger charge is -2.13. The number of hydrogen-bond donors (Lipinski definition) is 1. The fourth-order valence-corrected chi connectivity index (χ4v) is 3.22. The first kappa shape index (κ1) is 14.1. The minimum absolute atomic E-state index is 0.00725. The quantitative estimate of drug-likeness (QED) is 0.687. The molecule has 3 rings (SSSR count). The Morgan fingerprint density at radius 3 is 3.00 bits per heavy atom. The summed E-state index contributed by atoms with van der Waals surface area (Å²) in [5.41, 5.74) is 3.62. The van der Waals surface area contributed by atoms with Gasteiger partial charge in [0.25, 0.3) is 0 Å². The second-order valence-electron chi connectivity index (χ2n) is 5.03. The van der Waals surface area contributed by atoms with Crippen molar-refractivity contribution in [2.45, 2.75) is 37.6 Å². The Hall–Kier alpha value is -1.89. The van der Waals surface area contributed by atoms with E-state index < -0.39 is 5.97 Å². The third-order valence-corrected chi connectivity index (χ3v) is 4.48. The normalized spacial score (nSPS) is 14.0. The van der Waals surface area contributed by atoms with Crippen molar-refractivity contribution in [3.63, 3.8) is 0 Å². The van der Waals surface area contributed by atoms with Crippen molar-refractivity contribution < 1.29 is 9.90 Å². The van der Waals surface area contributed by atoms with E-state index in [0.29, 0.717) is 10.8 Å². The van der Waals surface area contributed by atoms with E-state index in [-0.39, 0.29) is 5.75 Å². The Labute approximate surface area is 126 Å². The average molecular weight is 304 g/mol. The van der Waals surface area contributed by atoms with Crippen LogP contribution < -0.4 is 0 Å². The van der Waals surface area contributed by atoms with Crippen LogP contribution in [-0.4, -0.2) is 36.6 Å². The van der Waals surface area contributed by atoms with Gasteiger partial charge in [-0.3, -0.25) is 4.79 Å². The second-order valence-corrected chi connectivity index (χ2v) is 6.02. The van der Waals surface area contributed by atoms with Crippen LogP contribution in [0.3, 0.4) is 0 Å². The van der Waals surface area contributed by atoms with Gasteiger partial charge in [0.05, 0.1) is 11.4 Å². The largest absolute Gasteiger partial charge is 0.481 e. The SMILES string of the molecule is Cc1nn(-c2cc(SCC(=O)O)ncn2)c2c1CCCC2. The van der Waals surface area contributed by atoms with E-state index in [1.807, 2.05) is 11.6 Å². The van der Waals surface area contributed by atoms with Gasteiger partial charge in [0.2, 0.25) is 0 Å². The van der Waals surface area contributed by atoms with Crippen LogP contribution in [0.4, 0.5) is 0 Å². The van der Waals surface area contributed by atoms with Crippen LogP contribution in [0.2, 0.25) is 0 Å². The molecule has 0 atom stereocenters. The molecule has 0 saturated heterocycles. The Balaban J connectivity index is 1.93. The van der Waals surface area contributed by atoms with Gasteiger partial charge >= 0.3 is 5.97 Å². The van der Waals surface area contributed by atoms with Crippen molar-refractivity contribution in [2.75, 3.05) is 5.75 Å². The number of aliphatic carboxylic acids is 1. The van der Waals surface area contributed by atoms with Crippen LogP contribution in [-0.2, 0) is 17.6 Å². The fourth-order valence-electron chi connectivity index (χ4n) is 2.63. The number of carboxylic acids is 1. The molecule has 2 aromatic heterocycles. The fraction of sp³-hybridized carbons (Fsp3) is 0.429. The number of fused-ring (bicyclic) bond motifs is 1. The van der Waals surface area contributed by atoms with E-state index in [4.69, 9.17) is 5.11 Å². The highest BCUT2D eigenvalue weighted by Gasteiger charge is 2.20. The lowest BCUT2D eigenvalue weighted by molar-refractivity contribution is -0.133. The van der Waals surface area contributed by atoms with Gasteiger partial charge in [0, 0.05) is 11.8 Å². The van der Waals surface area contributed by atoms with Gasteiger partial charge in [-0.2, -0.15) is 5.10 Å². The smallest absolute Gasteiger partial charge is 0.313 e. The molecule has 0 radical (unpaired) electrons. The average Bonchev–Trinajstić information content (AvgIpc) is 2.83. The highest BCUT2D eigenvalue weighted by Crippen LogP contribution is 2.26. The number of carboxylic acid groups (broad SMARTS) is 1. The molecule has 1 aliphatic carbocycles. The van der Waals surface area contributed by atoms with Gasteiger partial charge in [0.15, 0.2) is 5.82 Å². The second kappa shape index (κ2) is 5.85. The molecule has 1 N–H and O–H groups in total. The van der Waals surface area contributed by atoms with E-state index >= 15 is 0 Å². The lowest BCUT2D eigenvalue weighted by atomic mass is 9.96. The first-order valence-corrected chi connectivity index (χ1v) is 7.88. The number of hydrogen-bond acceptors (Lipinski definition) is 5. The van der Waals surface area contributed by atoms with Crippen LogP contribution in [0.25, 0.3) is 5.82 Å².